The van der Waals surface area contributed by atoms with Crippen LogP contribution in [0.25, 0.3) is 10.9 Å². The van der Waals surface area contributed by atoms with Crippen molar-refractivity contribution in [2.75, 3.05) is 11.9 Å². The van der Waals surface area contributed by atoms with Crippen LogP contribution >= 0.6 is 15.9 Å². The van der Waals surface area contributed by atoms with E-state index in [9.17, 15) is 4.79 Å². The molecule has 0 saturated carbocycles. The number of hydrogen-bond donors (Lipinski definition) is 1. The van der Waals surface area contributed by atoms with E-state index in [1.807, 2.05) is 24.3 Å². The molecule has 1 amide bonds. The molecule has 0 bridgehead atoms. The summed E-state index contributed by atoms with van der Waals surface area (Å²) in [5.74, 6) is -0.0147. The number of benzene rings is 1. The molecule has 3 rings (SSSR count). The number of pyridine rings is 1. The monoisotopic (exact) mass is 348 g/mol. The normalized spacial score (nSPS) is 18.6. The third-order valence-electron chi connectivity index (χ3n) is 3.64. The Balaban J connectivity index is 1.73. The second kappa shape index (κ2) is 6.54. The molecule has 5 heteroatoms. The molecule has 0 spiro atoms. The van der Waals surface area contributed by atoms with Crippen LogP contribution in [0, 0.1) is 0 Å². The highest BCUT2D eigenvalue weighted by Gasteiger charge is 2.18. The Morgan fingerprint density at radius 3 is 3.14 bits per heavy atom. The lowest BCUT2D eigenvalue weighted by molar-refractivity contribution is -0.119. The smallest absolute Gasteiger partial charge is 0.227 e. The first-order chi connectivity index (χ1) is 10.2. The van der Waals surface area contributed by atoms with Gasteiger partial charge < -0.3 is 10.1 Å². The van der Waals surface area contributed by atoms with Crippen molar-refractivity contribution in [3.8, 4) is 0 Å². The number of hydrogen-bond acceptors (Lipinski definition) is 3. The van der Waals surface area contributed by atoms with Gasteiger partial charge in [-0.3, -0.25) is 9.78 Å². The average Bonchev–Trinajstić information content (AvgIpc) is 2.48. The van der Waals surface area contributed by atoms with E-state index in [1.54, 1.807) is 6.20 Å². The van der Waals surface area contributed by atoms with Gasteiger partial charge in [0.15, 0.2) is 0 Å². The molecule has 1 aromatic heterocycles. The molecule has 1 aliphatic rings. The summed E-state index contributed by atoms with van der Waals surface area (Å²) in [6.07, 6.45) is 5.40. The molecular formula is C16H17BrN2O2. The second-order valence-electron chi connectivity index (χ2n) is 5.27. The summed E-state index contributed by atoms with van der Waals surface area (Å²) in [5, 5.41) is 3.95. The number of halogens is 1. The van der Waals surface area contributed by atoms with Gasteiger partial charge in [0.05, 0.1) is 23.7 Å². The predicted molar refractivity (Wildman–Crippen MR) is 86.3 cm³/mol. The molecule has 1 aromatic carbocycles. The van der Waals surface area contributed by atoms with Crippen LogP contribution in [0.3, 0.4) is 0 Å². The van der Waals surface area contributed by atoms with Gasteiger partial charge in [0, 0.05) is 22.7 Å². The van der Waals surface area contributed by atoms with Crippen LogP contribution in [-0.4, -0.2) is 23.6 Å². The fraction of sp³-hybridized carbons (Fsp3) is 0.375. The number of anilines is 1. The summed E-state index contributed by atoms with van der Waals surface area (Å²) in [6.45, 7) is 0.766. The summed E-state index contributed by atoms with van der Waals surface area (Å²) in [5.41, 5.74) is 1.56. The summed E-state index contributed by atoms with van der Waals surface area (Å²) in [7, 11) is 0. The molecule has 1 unspecified atom stereocenters. The van der Waals surface area contributed by atoms with E-state index in [4.69, 9.17) is 4.74 Å². The zero-order chi connectivity index (χ0) is 14.7. The molecule has 1 fully saturated rings. The molecule has 4 nitrogen and oxygen atoms in total. The molecule has 2 aromatic rings. The van der Waals surface area contributed by atoms with Crippen molar-refractivity contribution in [2.45, 2.75) is 31.8 Å². The average molecular weight is 349 g/mol. The van der Waals surface area contributed by atoms with Gasteiger partial charge in [0.2, 0.25) is 5.91 Å². The maximum atomic E-state index is 12.2. The summed E-state index contributed by atoms with van der Waals surface area (Å²) in [6, 6.07) is 7.77. The summed E-state index contributed by atoms with van der Waals surface area (Å²) in [4.78, 5) is 16.6. The minimum absolute atomic E-state index is 0.0147. The number of rotatable bonds is 3. The Kier molecular flexibility index (Phi) is 4.51. The number of carbonyl (C=O) groups excluding carboxylic acids is 1. The minimum Gasteiger partial charge on any atom is -0.378 e. The Labute approximate surface area is 132 Å². The minimum atomic E-state index is -0.0147. The van der Waals surface area contributed by atoms with E-state index < -0.39 is 0 Å². The summed E-state index contributed by atoms with van der Waals surface area (Å²) < 4.78 is 6.53. The van der Waals surface area contributed by atoms with Crippen LogP contribution in [-0.2, 0) is 9.53 Å². The third-order valence-corrected chi connectivity index (χ3v) is 4.07. The SMILES string of the molecule is O=C(CC1CCCCO1)Nc1cccc2cc(Br)cnc12. The van der Waals surface area contributed by atoms with Gasteiger partial charge in [-0.1, -0.05) is 12.1 Å². The van der Waals surface area contributed by atoms with E-state index in [1.165, 1.54) is 0 Å². The van der Waals surface area contributed by atoms with Gasteiger partial charge in [0.25, 0.3) is 0 Å². The first-order valence-electron chi connectivity index (χ1n) is 7.18. The lowest BCUT2D eigenvalue weighted by atomic mass is 10.1. The Bertz CT molecular complexity index is 654. The number of nitrogens with zero attached hydrogens (tertiary/aromatic N) is 1. The molecule has 1 atom stereocenters. The number of amides is 1. The fourth-order valence-electron chi connectivity index (χ4n) is 2.61. The number of para-hydroxylation sites is 1. The van der Waals surface area contributed by atoms with Gasteiger partial charge in [-0.15, -0.1) is 0 Å². The number of carbonyl (C=O) groups is 1. The maximum Gasteiger partial charge on any atom is 0.227 e. The van der Waals surface area contributed by atoms with Crippen LogP contribution in [0.15, 0.2) is 34.9 Å². The van der Waals surface area contributed by atoms with Crippen molar-refractivity contribution >= 4 is 38.4 Å². The number of nitrogens with one attached hydrogen (secondary N) is 1. The van der Waals surface area contributed by atoms with Crippen molar-refractivity contribution in [3.63, 3.8) is 0 Å². The Hall–Kier alpha value is -1.46. The standard InChI is InChI=1S/C16H17BrN2O2/c17-12-8-11-4-3-6-14(16(11)18-10-12)19-15(20)9-13-5-1-2-7-21-13/h3-4,6,8,10,13H,1-2,5,7,9H2,(H,19,20). The fourth-order valence-corrected chi connectivity index (χ4v) is 2.96. The van der Waals surface area contributed by atoms with Gasteiger partial charge >= 0.3 is 0 Å². The van der Waals surface area contributed by atoms with E-state index in [0.29, 0.717) is 6.42 Å². The van der Waals surface area contributed by atoms with Crippen LogP contribution in [0.1, 0.15) is 25.7 Å². The topological polar surface area (TPSA) is 51.2 Å². The zero-order valence-electron chi connectivity index (χ0n) is 11.6. The number of fused-ring (bicyclic) bond motifs is 1. The summed E-state index contributed by atoms with van der Waals surface area (Å²) >= 11 is 3.41. The maximum absolute atomic E-state index is 12.2. The lowest BCUT2D eigenvalue weighted by Crippen LogP contribution is -2.25. The van der Waals surface area contributed by atoms with E-state index in [2.05, 4.69) is 26.2 Å². The van der Waals surface area contributed by atoms with Crippen LogP contribution in [0.4, 0.5) is 5.69 Å². The molecule has 110 valence electrons. The van der Waals surface area contributed by atoms with Crippen molar-refractivity contribution in [1.82, 2.24) is 4.98 Å². The highest BCUT2D eigenvalue weighted by molar-refractivity contribution is 9.10. The van der Waals surface area contributed by atoms with Crippen molar-refractivity contribution in [1.29, 1.82) is 0 Å². The van der Waals surface area contributed by atoms with Gasteiger partial charge in [-0.05, 0) is 47.3 Å². The van der Waals surface area contributed by atoms with Crippen LogP contribution in [0.5, 0.6) is 0 Å². The molecule has 1 aliphatic heterocycles. The largest absolute Gasteiger partial charge is 0.378 e. The third kappa shape index (κ3) is 3.60. The van der Waals surface area contributed by atoms with E-state index >= 15 is 0 Å². The Morgan fingerprint density at radius 1 is 1.43 bits per heavy atom. The van der Waals surface area contributed by atoms with Gasteiger partial charge in [-0.2, -0.15) is 0 Å². The molecule has 1 saturated heterocycles. The molecule has 0 aliphatic carbocycles. The quantitative estimate of drug-likeness (QED) is 0.915. The lowest BCUT2D eigenvalue weighted by Gasteiger charge is -2.22. The highest BCUT2D eigenvalue weighted by atomic mass is 79.9. The van der Waals surface area contributed by atoms with Crippen LogP contribution < -0.4 is 5.32 Å². The first-order valence-corrected chi connectivity index (χ1v) is 7.97. The number of aromatic nitrogens is 1. The van der Waals surface area contributed by atoms with Crippen molar-refractivity contribution < 1.29 is 9.53 Å². The number of ether oxygens (including phenoxy) is 1. The Morgan fingerprint density at radius 2 is 2.33 bits per heavy atom. The predicted octanol–water partition coefficient (Wildman–Crippen LogP) is 3.90. The highest BCUT2D eigenvalue weighted by Crippen LogP contribution is 2.24. The van der Waals surface area contributed by atoms with Gasteiger partial charge in [0.1, 0.15) is 0 Å². The zero-order valence-corrected chi connectivity index (χ0v) is 13.2. The van der Waals surface area contributed by atoms with Gasteiger partial charge in [-0.25, -0.2) is 0 Å². The molecule has 2 heterocycles. The first kappa shape index (κ1) is 14.5. The van der Waals surface area contributed by atoms with Crippen LogP contribution in [0.2, 0.25) is 0 Å². The molecule has 21 heavy (non-hydrogen) atoms. The van der Waals surface area contributed by atoms with E-state index in [-0.39, 0.29) is 12.0 Å². The second-order valence-corrected chi connectivity index (χ2v) is 6.19. The van der Waals surface area contributed by atoms with Crippen molar-refractivity contribution in [3.05, 3.63) is 34.9 Å². The molecule has 0 radical (unpaired) electrons. The van der Waals surface area contributed by atoms with Crippen molar-refractivity contribution in [2.24, 2.45) is 0 Å². The van der Waals surface area contributed by atoms with E-state index in [0.717, 1.165) is 46.9 Å². The molecule has 1 N–H and O–H groups in total. The molecular weight excluding hydrogens is 332 g/mol.